The number of pyridine rings is 1. The van der Waals surface area contributed by atoms with E-state index in [9.17, 15) is 18.5 Å². The molecule has 78 valence electrons. The Hall–Kier alpha value is -0.740. The van der Waals surface area contributed by atoms with Crippen LogP contribution in [0.4, 0.5) is 11.5 Å². The molecule has 0 unspecified atom stereocenters. The van der Waals surface area contributed by atoms with Gasteiger partial charge < -0.3 is 0 Å². The van der Waals surface area contributed by atoms with Crippen LogP contribution < -0.4 is 4.72 Å². The molecule has 1 heterocycles. The Morgan fingerprint density at radius 3 is 2.40 bits per heavy atom. The Morgan fingerprint density at radius 2 is 2.07 bits per heavy atom. The zero-order chi connectivity index (χ0) is 10.8. The summed E-state index contributed by atoms with van der Waals surface area (Å²) >= 11 is 0. The van der Waals surface area contributed by atoms with E-state index in [-0.39, 0.29) is 41.1 Å². The van der Waals surface area contributed by atoms with Gasteiger partial charge in [-0.05, 0) is 6.07 Å². The summed E-state index contributed by atoms with van der Waals surface area (Å²) < 4.78 is 30.6. The fourth-order valence-electron chi connectivity index (χ4n) is 0.687. The van der Waals surface area contributed by atoms with Crippen molar-refractivity contribution in [1.29, 1.82) is 0 Å². The molecule has 0 radical (unpaired) electrons. The third kappa shape index (κ3) is 5.04. The van der Waals surface area contributed by atoms with E-state index in [4.69, 9.17) is 4.55 Å². The summed E-state index contributed by atoms with van der Waals surface area (Å²) in [5, 5.41) is 10.2. The van der Waals surface area contributed by atoms with Crippen molar-refractivity contribution in [3.63, 3.8) is 0 Å². The molecule has 0 amide bonds. The molecule has 0 saturated heterocycles. The van der Waals surface area contributed by atoms with Gasteiger partial charge in [-0.2, -0.15) is 8.42 Å². The van der Waals surface area contributed by atoms with Crippen molar-refractivity contribution in [2.75, 3.05) is 4.72 Å². The number of anilines is 1. The molecular formula is C5H6N3NaO5S. The number of hydrogen-bond acceptors (Lipinski definition) is 5. The van der Waals surface area contributed by atoms with Crippen LogP contribution in [0, 0.1) is 10.1 Å². The Bertz CT molecular complexity index is 444. The van der Waals surface area contributed by atoms with Crippen LogP contribution in [0.5, 0.6) is 0 Å². The molecule has 15 heavy (non-hydrogen) atoms. The Balaban J connectivity index is 0.00000196. The summed E-state index contributed by atoms with van der Waals surface area (Å²) in [5.74, 6) is -0.196. The number of nitro groups is 1. The molecule has 0 saturated carbocycles. The van der Waals surface area contributed by atoms with Crippen molar-refractivity contribution in [3.05, 3.63) is 28.4 Å². The summed E-state index contributed by atoms with van der Waals surface area (Å²) in [6.07, 6.45) is 0.869. The Morgan fingerprint density at radius 1 is 1.47 bits per heavy atom. The van der Waals surface area contributed by atoms with Crippen molar-refractivity contribution >= 4 is 51.4 Å². The average Bonchev–Trinajstić information content (AvgIpc) is 2.02. The molecule has 0 aliphatic rings. The molecule has 1 aromatic heterocycles. The van der Waals surface area contributed by atoms with Crippen LogP contribution in [0.15, 0.2) is 18.3 Å². The van der Waals surface area contributed by atoms with Gasteiger partial charge in [-0.15, -0.1) is 0 Å². The second-order valence-electron chi connectivity index (χ2n) is 2.24. The predicted octanol–water partition coefficient (Wildman–Crippen LogP) is -0.444. The molecule has 8 nitrogen and oxygen atoms in total. The normalized spacial score (nSPS) is 10.2. The molecule has 1 aromatic rings. The van der Waals surface area contributed by atoms with Gasteiger partial charge in [0.15, 0.2) is 0 Å². The minimum absolute atomic E-state index is 0. The molecule has 1 rings (SSSR count). The molecule has 10 heteroatoms. The van der Waals surface area contributed by atoms with Crippen molar-refractivity contribution in [2.45, 2.75) is 0 Å². The fourth-order valence-corrected chi connectivity index (χ4v) is 1.07. The zero-order valence-corrected chi connectivity index (χ0v) is 7.43. The fraction of sp³-hybridized carbons (Fsp3) is 0. The molecular weight excluding hydrogens is 237 g/mol. The Kier molecular flexibility index (Phi) is 5.11. The van der Waals surface area contributed by atoms with Crippen LogP contribution >= 0.6 is 0 Å². The second-order valence-corrected chi connectivity index (χ2v) is 3.39. The van der Waals surface area contributed by atoms with Crippen LogP contribution in [0.3, 0.4) is 0 Å². The van der Waals surface area contributed by atoms with Crippen LogP contribution in [0.25, 0.3) is 0 Å². The van der Waals surface area contributed by atoms with Crippen LogP contribution in [-0.4, -0.2) is 52.4 Å². The maximum atomic E-state index is 10.3. The van der Waals surface area contributed by atoms with E-state index in [1.807, 2.05) is 0 Å². The molecule has 0 atom stereocenters. The van der Waals surface area contributed by atoms with Crippen molar-refractivity contribution in [2.24, 2.45) is 0 Å². The van der Waals surface area contributed by atoms with Crippen LogP contribution in [0.1, 0.15) is 0 Å². The zero-order valence-electron chi connectivity index (χ0n) is 6.61. The molecule has 0 bridgehead atoms. The molecule has 0 fully saturated rings. The van der Waals surface area contributed by atoms with E-state index in [2.05, 4.69) is 4.98 Å². The quantitative estimate of drug-likeness (QED) is 0.321. The first kappa shape index (κ1) is 14.3. The summed E-state index contributed by atoms with van der Waals surface area (Å²) in [4.78, 5) is 12.9. The van der Waals surface area contributed by atoms with E-state index in [0.717, 1.165) is 18.3 Å². The molecule has 0 aromatic carbocycles. The monoisotopic (exact) mass is 243 g/mol. The first-order valence-electron chi connectivity index (χ1n) is 3.24. The average molecular weight is 243 g/mol. The summed E-state index contributed by atoms with van der Waals surface area (Å²) in [5.41, 5.74) is -0.272. The van der Waals surface area contributed by atoms with Gasteiger partial charge in [-0.1, -0.05) is 0 Å². The van der Waals surface area contributed by atoms with E-state index < -0.39 is 15.2 Å². The third-order valence-corrected chi connectivity index (χ3v) is 1.66. The maximum absolute atomic E-state index is 10.3. The van der Waals surface area contributed by atoms with Crippen molar-refractivity contribution < 1.29 is 17.9 Å². The summed E-state index contributed by atoms with van der Waals surface area (Å²) in [7, 11) is -4.39. The van der Waals surface area contributed by atoms with Crippen molar-refractivity contribution in [1.82, 2.24) is 4.98 Å². The van der Waals surface area contributed by atoms with Gasteiger partial charge in [0.05, 0.1) is 4.92 Å². The molecule has 2 N–H and O–H groups in total. The van der Waals surface area contributed by atoms with E-state index in [1.54, 1.807) is 4.72 Å². The van der Waals surface area contributed by atoms with Gasteiger partial charge >= 0.3 is 39.9 Å². The number of aromatic nitrogens is 1. The van der Waals surface area contributed by atoms with Gasteiger partial charge in [0.1, 0.15) is 12.0 Å². The topological polar surface area (TPSA) is 122 Å². The SMILES string of the molecule is O=[N+]([O-])c1ccc(NS(=O)(=O)O)nc1.[NaH]. The van der Waals surface area contributed by atoms with Gasteiger partial charge in [-0.3, -0.25) is 14.7 Å². The standard InChI is InChI=1S/C5H5N3O5S.Na.H/c9-8(10)4-1-2-5(6-3-4)7-14(11,12)13;;/h1-3H,(H,6,7)(H,11,12,13);;. The van der Waals surface area contributed by atoms with Gasteiger partial charge in [0.25, 0.3) is 5.69 Å². The summed E-state index contributed by atoms with van der Waals surface area (Å²) in [6, 6.07) is 2.12. The predicted molar refractivity (Wildman–Crippen MR) is 53.2 cm³/mol. The van der Waals surface area contributed by atoms with Crippen LogP contribution in [0.2, 0.25) is 0 Å². The molecule has 0 aliphatic heterocycles. The van der Waals surface area contributed by atoms with E-state index >= 15 is 0 Å². The first-order valence-corrected chi connectivity index (χ1v) is 4.68. The molecule has 0 aliphatic carbocycles. The number of nitrogens with zero attached hydrogens (tertiary/aromatic N) is 2. The van der Waals surface area contributed by atoms with Gasteiger partial charge in [0.2, 0.25) is 0 Å². The van der Waals surface area contributed by atoms with Crippen LogP contribution in [-0.2, 0) is 10.3 Å². The van der Waals surface area contributed by atoms with Crippen molar-refractivity contribution in [3.8, 4) is 0 Å². The van der Waals surface area contributed by atoms with E-state index in [1.165, 1.54) is 0 Å². The number of hydrogen-bond donors (Lipinski definition) is 2. The minimum atomic E-state index is -4.39. The first-order chi connectivity index (χ1) is 6.38. The second kappa shape index (κ2) is 5.37. The third-order valence-electron chi connectivity index (χ3n) is 1.19. The Labute approximate surface area is 107 Å². The van der Waals surface area contributed by atoms with Gasteiger partial charge in [-0.25, -0.2) is 9.71 Å². The van der Waals surface area contributed by atoms with Gasteiger partial charge in [0, 0.05) is 6.07 Å². The summed E-state index contributed by atoms with van der Waals surface area (Å²) in [6.45, 7) is 0. The number of rotatable bonds is 3. The van der Waals surface area contributed by atoms with E-state index in [0.29, 0.717) is 0 Å². The number of nitrogens with one attached hydrogen (secondary N) is 1. The molecule has 0 spiro atoms.